The molecule has 3 aliphatic heterocycles. The molecule has 3 aliphatic rings. The Balaban J connectivity index is 2.97. The summed E-state index contributed by atoms with van der Waals surface area (Å²) in [4.78, 5) is 2.77. The summed E-state index contributed by atoms with van der Waals surface area (Å²) in [5.74, 6) is 0. The van der Waals surface area contributed by atoms with Gasteiger partial charge in [0.1, 0.15) is 0 Å². The fourth-order valence-electron chi connectivity index (χ4n) is 10.4. The van der Waals surface area contributed by atoms with Crippen LogP contribution in [0.1, 0.15) is 79.1 Å². The lowest BCUT2D eigenvalue weighted by Crippen LogP contribution is -2.97. The highest BCUT2D eigenvalue weighted by Gasteiger charge is 2.83. The second-order valence-corrected chi connectivity index (χ2v) is 63.2. The molecule has 0 aliphatic carbocycles. The summed E-state index contributed by atoms with van der Waals surface area (Å²) in [6.07, 6.45) is 12.2. The summed E-state index contributed by atoms with van der Waals surface area (Å²) in [7, 11) is -7.32. The molecule has 2 bridgehead atoms. The molecule has 32 heavy (non-hydrogen) atoms. The lowest BCUT2D eigenvalue weighted by Gasteiger charge is -2.82. The van der Waals surface area contributed by atoms with E-state index in [2.05, 4.69) is 80.1 Å². The van der Waals surface area contributed by atoms with Gasteiger partial charge in [0, 0.05) is 45.5 Å². The van der Waals surface area contributed by atoms with E-state index in [1.54, 1.807) is 49.9 Å². The number of hydrogen-bond donors (Lipinski definition) is 0. The highest BCUT2D eigenvalue weighted by atomic mass is 29.4. The second kappa shape index (κ2) is 10.3. The van der Waals surface area contributed by atoms with Gasteiger partial charge in [0.25, 0.3) is 0 Å². The van der Waals surface area contributed by atoms with Crippen molar-refractivity contribution in [2.75, 3.05) is 0 Å². The van der Waals surface area contributed by atoms with Crippen LogP contribution in [0.4, 0.5) is 0 Å². The Kier molecular flexibility index (Phi) is 9.55. The van der Waals surface area contributed by atoms with Gasteiger partial charge in [-0.15, -0.1) is 0 Å². The van der Waals surface area contributed by atoms with Crippen molar-refractivity contribution in [3.63, 3.8) is 0 Å². The molecule has 190 valence electrons. The molecule has 0 aromatic carbocycles. The molecule has 3 fully saturated rings. The number of rotatable bonds is 12. The van der Waals surface area contributed by atoms with E-state index in [4.69, 9.17) is 0 Å². The summed E-state index contributed by atoms with van der Waals surface area (Å²) < 4.78 is 0. The average Bonchev–Trinajstić information content (AvgIpc) is 2.69. The summed E-state index contributed by atoms with van der Waals surface area (Å²) in [5, 5.41) is 0. The topological polar surface area (TPSA) is 0 Å². The van der Waals surface area contributed by atoms with E-state index in [1.165, 1.54) is 35.3 Å². The molecule has 0 N–H and O–H groups in total. The summed E-state index contributed by atoms with van der Waals surface area (Å²) >= 11 is 0. The van der Waals surface area contributed by atoms with Gasteiger partial charge in [-0.25, -0.2) is 0 Å². The van der Waals surface area contributed by atoms with Crippen LogP contribution in [0.3, 0.4) is 0 Å². The molecule has 0 spiro atoms. The van der Waals surface area contributed by atoms with E-state index in [9.17, 15) is 0 Å². The Morgan fingerprint density at radius 3 is 0.719 bits per heavy atom. The van der Waals surface area contributed by atoms with Crippen LogP contribution in [0.2, 0.25) is 86.1 Å². The van der Waals surface area contributed by atoms with Crippen LogP contribution in [0.25, 0.3) is 0 Å². The fraction of sp³-hybridized carbons (Fsp3) is 1.00. The van der Waals surface area contributed by atoms with Gasteiger partial charge < -0.3 is 0 Å². The van der Waals surface area contributed by atoms with Crippen LogP contribution in [0, 0.1) is 0 Å². The SMILES string of the molecule is CCCC[Si]1(CCCC)C2[Si](C)(C)[Si](C)(C)C([Si](C)(C)[Si]2(C)C)[Si]1(CCCC)CCCC. The van der Waals surface area contributed by atoms with Crippen LogP contribution in [-0.2, 0) is 0 Å². The standard InChI is InChI=1S/C26H62Si6/c1-13-17-21-31(22-18-14-2)25-27(5,6)29(9,10)26(30(11,12)28(25,7)8)32(31,23-19-15-3)24-20-16-4/h25-26H,13-24H2,1-12H3. The third kappa shape index (κ3) is 4.04. The highest BCUT2D eigenvalue weighted by Crippen LogP contribution is 2.72. The Bertz CT molecular complexity index is 526. The smallest absolute Gasteiger partial charge is 0.0451 e. The van der Waals surface area contributed by atoms with Gasteiger partial charge in [-0.3, -0.25) is 0 Å². The molecule has 0 saturated carbocycles. The molecule has 3 heterocycles. The first-order valence-corrected chi connectivity index (χ1v) is 35.0. The zero-order valence-electron chi connectivity index (χ0n) is 24.6. The van der Waals surface area contributed by atoms with Crippen molar-refractivity contribution in [1.82, 2.24) is 0 Å². The summed E-state index contributed by atoms with van der Waals surface area (Å²) in [6.45, 7) is 34.1. The molecule has 0 atom stereocenters. The molecule has 0 unspecified atom stereocenters. The van der Waals surface area contributed by atoms with Gasteiger partial charge >= 0.3 is 0 Å². The quantitative estimate of drug-likeness (QED) is 0.215. The van der Waals surface area contributed by atoms with E-state index in [-0.39, 0.29) is 0 Å². The van der Waals surface area contributed by atoms with E-state index >= 15 is 0 Å². The Labute approximate surface area is 210 Å². The molecule has 6 heteroatoms. The van der Waals surface area contributed by atoms with E-state index in [0.29, 0.717) is 0 Å². The molecule has 0 radical (unpaired) electrons. The van der Waals surface area contributed by atoms with Gasteiger partial charge in [0.05, 0.1) is 0 Å². The minimum atomic E-state index is -1.28. The molecule has 3 saturated heterocycles. The van der Waals surface area contributed by atoms with Crippen molar-refractivity contribution in [2.45, 2.75) is 165 Å². The lowest BCUT2D eigenvalue weighted by atomic mass is 10.4. The Morgan fingerprint density at radius 2 is 0.562 bits per heavy atom. The van der Waals surface area contributed by atoms with Gasteiger partial charge in [-0.1, -0.05) is 165 Å². The maximum Gasteiger partial charge on any atom is 0.0451 e. The molecule has 3 rings (SSSR count). The second-order valence-electron chi connectivity index (χ2n) is 14.5. The van der Waals surface area contributed by atoms with Crippen molar-refractivity contribution in [3.05, 3.63) is 0 Å². The van der Waals surface area contributed by atoms with Crippen LogP contribution in [0.15, 0.2) is 0 Å². The normalized spacial score (nSPS) is 30.4. The molecule has 0 amide bonds. The van der Waals surface area contributed by atoms with Gasteiger partial charge in [-0.2, -0.15) is 0 Å². The Morgan fingerprint density at radius 1 is 0.375 bits per heavy atom. The first-order chi connectivity index (χ1) is 14.7. The van der Waals surface area contributed by atoms with Crippen molar-refractivity contribution in [2.24, 2.45) is 0 Å². The fourth-order valence-corrected chi connectivity index (χ4v) is 163. The highest BCUT2D eigenvalue weighted by molar-refractivity contribution is 7.76. The van der Waals surface area contributed by atoms with Crippen LogP contribution >= 0.6 is 0 Å². The van der Waals surface area contributed by atoms with E-state index in [1.807, 2.05) is 0 Å². The first kappa shape index (κ1) is 29.5. The van der Waals surface area contributed by atoms with Crippen LogP contribution in [-0.4, -0.2) is 45.5 Å². The zero-order chi connectivity index (χ0) is 24.6. The monoisotopic (exact) mass is 542 g/mol. The van der Waals surface area contributed by atoms with E-state index < -0.39 is 45.5 Å². The molecule has 0 aromatic rings. The number of unbranched alkanes of at least 4 members (excludes halogenated alkanes) is 4. The molecular weight excluding hydrogens is 481 g/mol. The maximum atomic E-state index is 3.01. The lowest BCUT2D eigenvalue weighted by molar-refractivity contribution is 0.804. The third-order valence-electron chi connectivity index (χ3n) is 12.2. The van der Waals surface area contributed by atoms with Crippen LogP contribution < -0.4 is 0 Å². The molecule has 0 aromatic heterocycles. The summed E-state index contributed by atoms with van der Waals surface area (Å²) in [5.41, 5.74) is 0. The predicted octanol–water partition coefficient (Wildman–Crippen LogP) is 10.1. The number of hydrogen-bond acceptors (Lipinski definition) is 0. The van der Waals surface area contributed by atoms with Crippen molar-refractivity contribution < 1.29 is 0 Å². The minimum Gasteiger partial charge on any atom is -0.0715 e. The summed E-state index contributed by atoms with van der Waals surface area (Å²) in [6, 6.07) is 7.14. The van der Waals surface area contributed by atoms with Gasteiger partial charge in [-0.05, 0) is 0 Å². The minimum absolute atomic E-state index is 1.19. The third-order valence-corrected chi connectivity index (χ3v) is 102. The van der Waals surface area contributed by atoms with Crippen molar-refractivity contribution in [3.8, 4) is 0 Å². The largest absolute Gasteiger partial charge is 0.0715 e. The van der Waals surface area contributed by atoms with Crippen molar-refractivity contribution in [1.29, 1.82) is 0 Å². The van der Waals surface area contributed by atoms with Crippen LogP contribution in [0.5, 0.6) is 0 Å². The molecular formula is C26H62Si6. The average molecular weight is 543 g/mol. The van der Waals surface area contributed by atoms with Gasteiger partial charge in [0.2, 0.25) is 0 Å². The van der Waals surface area contributed by atoms with Gasteiger partial charge in [0.15, 0.2) is 0 Å². The Hall–Kier alpha value is 1.30. The predicted molar refractivity (Wildman–Crippen MR) is 168 cm³/mol. The number of fused-ring (bicyclic) bond motifs is 3. The zero-order valence-corrected chi connectivity index (χ0v) is 30.6. The van der Waals surface area contributed by atoms with Crippen molar-refractivity contribution >= 4 is 45.5 Å². The molecule has 0 nitrogen and oxygen atoms in total. The van der Waals surface area contributed by atoms with E-state index in [0.717, 1.165) is 0 Å². The first-order valence-electron chi connectivity index (χ1n) is 14.7. The maximum absolute atomic E-state index is 3.01.